The zero-order chi connectivity index (χ0) is 12.4. The number of para-hydroxylation sites is 1. The van der Waals surface area contributed by atoms with Crippen molar-refractivity contribution in [2.75, 3.05) is 5.73 Å². The third-order valence-corrected chi connectivity index (χ3v) is 3.98. The van der Waals surface area contributed by atoms with Crippen molar-refractivity contribution in [1.29, 1.82) is 0 Å². The van der Waals surface area contributed by atoms with Crippen molar-refractivity contribution in [3.05, 3.63) is 53.3 Å². The van der Waals surface area contributed by atoms with Gasteiger partial charge in [-0.05, 0) is 30.2 Å². The molecule has 0 spiro atoms. The van der Waals surface area contributed by atoms with Crippen LogP contribution in [-0.4, -0.2) is 9.97 Å². The molecule has 2 heterocycles. The molecule has 18 heavy (non-hydrogen) atoms. The number of anilines is 1. The van der Waals surface area contributed by atoms with E-state index in [4.69, 9.17) is 5.73 Å². The number of hydrogen-bond donors (Lipinski definition) is 1. The summed E-state index contributed by atoms with van der Waals surface area (Å²) in [7, 11) is 0. The highest BCUT2D eigenvalue weighted by Gasteiger charge is 2.05. The van der Waals surface area contributed by atoms with Crippen molar-refractivity contribution in [1.82, 2.24) is 9.97 Å². The highest BCUT2D eigenvalue weighted by atomic mass is 32.1. The van der Waals surface area contributed by atoms with Crippen LogP contribution in [0.1, 0.15) is 10.6 Å². The Bertz CT molecular complexity index is 642. The number of fused-ring (bicyclic) bond motifs is 1. The number of nitrogens with two attached hydrogens (primary N) is 1. The van der Waals surface area contributed by atoms with Gasteiger partial charge in [-0.25, -0.2) is 4.98 Å². The summed E-state index contributed by atoms with van der Waals surface area (Å²) in [6.45, 7) is 0. The molecule has 0 fully saturated rings. The van der Waals surface area contributed by atoms with Gasteiger partial charge < -0.3 is 5.73 Å². The zero-order valence-corrected chi connectivity index (χ0v) is 10.7. The number of nitrogen functional groups attached to an aromatic ring is 1. The molecule has 0 aliphatic rings. The predicted octanol–water partition coefficient (Wildman–Crippen LogP) is 3.06. The minimum Gasteiger partial charge on any atom is -0.398 e. The molecule has 0 aliphatic carbocycles. The van der Waals surface area contributed by atoms with Gasteiger partial charge in [-0.3, -0.25) is 4.98 Å². The lowest BCUT2D eigenvalue weighted by Gasteiger charge is -2.02. The summed E-state index contributed by atoms with van der Waals surface area (Å²) in [6.07, 6.45) is 5.36. The molecular formula is C14H13N3S. The van der Waals surface area contributed by atoms with Crippen LogP contribution < -0.4 is 5.73 Å². The number of thiazole rings is 1. The molecule has 90 valence electrons. The molecule has 0 radical (unpaired) electrons. The highest BCUT2D eigenvalue weighted by Crippen LogP contribution is 2.23. The average molecular weight is 255 g/mol. The molecule has 0 aliphatic heterocycles. The summed E-state index contributed by atoms with van der Waals surface area (Å²) in [5, 5.41) is 1.15. The van der Waals surface area contributed by atoms with Crippen LogP contribution in [0.15, 0.2) is 42.7 Å². The maximum atomic E-state index is 5.90. The number of nitrogens with zero attached hydrogens (tertiary/aromatic N) is 2. The summed E-state index contributed by atoms with van der Waals surface area (Å²) in [6, 6.07) is 10.1. The van der Waals surface area contributed by atoms with E-state index >= 15 is 0 Å². The molecule has 0 amide bonds. The molecule has 2 N–H and O–H groups in total. The third kappa shape index (κ3) is 2.19. The molecule has 3 nitrogen and oxygen atoms in total. The van der Waals surface area contributed by atoms with Crippen molar-refractivity contribution in [3.63, 3.8) is 0 Å². The van der Waals surface area contributed by atoms with Crippen molar-refractivity contribution >= 4 is 27.2 Å². The van der Waals surface area contributed by atoms with Crippen LogP contribution in [-0.2, 0) is 12.8 Å². The van der Waals surface area contributed by atoms with E-state index in [1.54, 1.807) is 17.5 Å². The Labute approximate surface area is 109 Å². The fraction of sp³-hybridized carbons (Fsp3) is 0.143. The maximum Gasteiger partial charge on any atom is 0.0941 e. The smallest absolute Gasteiger partial charge is 0.0941 e. The summed E-state index contributed by atoms with van der Waals surface area (Å²) in [5.74, 6) is 0. The van der Waals surface area contributed by atoms with Crippen LogP contribution in [0.25, 0.3) is 10.2 Å². The molecule has 0 unspecified atom stereocenters. The second kappa shape index (κ2) is 4.74. The van der Waals surface area contributed by atoms with Gasteiger partial charge in [0.25, 0.3) is 0 Å². The molecule has 1 aromatic carbocycles. The lowest BCUT2D eigenvalue weighted by molar-refractivity contribution is 0.943. The topological polar surface area (TPSA) is 51.8 Å². The first kappa shape index (κ1) is 11.2. The summed E-state index contributed by atoms with van der Waals surface area (Å²) in [4.78, 5) is 8.72. The van der Waals surface area contributed by atoms with Crippen LogP contribution in [0.2, 0.25) is 0 Å². The Balaban J connectivity index is 1.79. The molecule has 4 heteroatoms. The van der Waals surface area contributed by atoms with E-state index in [1.165, 1.54) is 4.70 Å². The number of pyridine rings is 1. The standard InChI is InChI=1S/C14H13N3S/c15-11-7-8-16-9-10(11)5-6-14-17-12-3-1-2-4-13(12)18-14/h1-4,7-9H,5-6H2,(H2,15,16). The number of hydrogen-bond acceptors (Lipinski definition) is 4. The second-order valence-electron chi connectivity index (χ2n) is 4.15. The van der Waals surface area contributed by atoms with Crippen LogP contribution in [0.4, 0.5) is 5.69 Å². The van der Waals surface area contributed by atoms with Crippen molar-refractivity contribution in [2.45, 2.75) is 12.8 Å². The van der Waals surface area contributed by atoms with Crippen LogP contribution in [0.3, 0.4) is 0 Å². The lowest BCUT2D eigenvalue weighted by Crippen LogP contribution is -1.97. The summed E-state index contributed by atoms with van der Waals surface area (Å²) < 4.78 is 1.24. The van der Waals surface area contributed by atoms with Gasteiger partial charge in [-0.1, -0.05) is 12.1 Å². The Hall–Kier alpha value is -1.94. The molecule has 2 aromatic heterocycles. The van der Waals surface area contributed by atoms with Crippen LogP contribution in [0.5, 0.6) is 0 Å². The Morgan fingerprint density at radius 3 is 2.83 bits per heavy atom. The first-order valence-corrected chi connectivity index (χ1v) is 6.67. The number of benzene rings is 1. The molecule has 0 saturated carbocycles. The van der Waals surface area contributed by atoms with Gasteiger partial charge in [0.2, 0.25) is 0 Å². The Morgan fingerprint density at radius 1 is 1.11 bits per heavy atom. The van der Waals surface area contributed by atoms with E-state index in [0.29, 0.717) is 0 Å². The quantitative estimate of drug-likeness (QED) is 0.782. The van der Waals surface area contributed by atoms with Crippen molar-refractivity contribution < 1.29 is 0 Å². The third-order valence-electron chi connectivity index (χ3n) is 2.89. The Kier molecular flexibility index (Phi) is 2.94. The zero-order valence-electron chi connectivity index (χ0n) is 9.84. The highest BCUT2D eigenvalue weighted by molar-refractivity contribution is 7.18. The monoisotopic (exact) mass is 255 g/mol. The minimum atomic E-state index is 0.811. The first-order chi connectivity index (χ1) is 8.83. The van der Waals surface area contributed by atoms with Crippen LogP contribution in [0, 0.1) is 0 Å². The lowest BCUT2D eigenvalue weighted by atomic mass is 10.1. The maximum absolute atomic E-state index is 5.90. The molecule has 3 aromatic rings. The van der Waals surface area contributed by atoms with Gasteiger partial charge >= 0.3 is 0 Å². The van der Waals surface area contributed by atoms with E-state index in [0.717, 1.165) is 34.6 Å². The Morgan fingerprint density at radius 2 is 2.00 bits per heavy atom. The summed E-state index contributed by atoms with van der Waals surface area (Å²) >= 11 is 1.75. The van der Waals surface area contributed by atoms with E-state index in [9.17, 15) is 0 Å². The SMILES string of the molecule is Nc1ccncc1CCc1nc2ccccc2s1. The van der Waals surface area contributed by atoms with E-state index in [-0.39, 0.29) is 0 Å². The molecular weight excluding hydrogens is 242 g/mol. The molecule has 0 atom stereocenters. The number of aryl methyl sites for hydroxylation is 2. The van der Waals surface area contributed by atoms with Gasteiger partial charge in [0.1, 0.15) is 0 Å². The van der Waals surface area contributed by atoms with Gasteiger partial charge in [0.05, 0.1) is 15.2 Å². The largest absolute Gasteiger partial charge is 0.398 e. The molecule has 0 saturated heterocycles. The van der Waals surface area contributed by atoms with E-state index in [2.05, 4.69) is 16.0 Å². The van der Waals surface area contributed by atoms with Gasteiger partial charge in [-0.15, -0.1) is 11.3 Å². The van der Waals surface area contributed by atoms with E-state index < -0.39 is 0 Å². The second-order valence-corrected chi connectivity index (χ2v) is 5.27. The fourth-order valence-corrected chi connectivity index (χ4v) is 2.88. The molecule has 3 rings (SSSR count). The van der Waals surface area contributed by atoms with Crippen molar-refractivity contribution in [2.24, 2.45) is 0 Å². The fourth-order valence-electron chi connectivity index (χ4n) is 1.92. The van der Waals surface area contributed by atoms with Crippen LogP contribution >= 0.6 is 11.3 Å². The van der Waals surface area contributed by atoms with Gasteiger partial charge in [0.15, 0.2) is 0 Å². The predicted molar refractivity (Wildman–Crippen MR) is 75.7 cm³/mol. The summed E-state index contributed by atoms with van der Waals surface area (Å²) in [5.41, 5.74) is 8.89. The van der Waals surface area contributed by atoms with Gasteiger partial charge in [0, 0.05) is 24.5 Å². The van der Waals surface area contributed by atoms with Gasteiger partial charge in [-0.2, -0.15) is 0 Å². The number of aromatic nitrogens is 2. The van der Waals surface area contributed by atoms with E-state index in [1.807, 2.05) is 30.5 Å². The first-order valence-electron chi connectivity index (χ1n) is 5.86. The molecule has 0 bridgehead atoms. The number of rotatable bonds is 3. The average Bonchev–Trinajstić information content (AvgIpc) is 2.80. The minimum absolute atomic E-state index is 0.811. The van der Waals surface area contributed by atoms with Crippen molar-refractivity contribution in [3.8, 4) is 0 Å². The normalized spacial score (nSPS) is 10.9.